The first kappa shape index (κ1) is 13.9. The fourth-order valence-corrected chi connectivity index (χ4v) is 1.63. The number of hydrogen-bond acceptors (Lipinski definition) is 4. The molecule has 0 aliphatic rings. The number of methoxy groups -OCH3 is 1. The Balaban J connectivity index is 3.11. The first-order chi connectivity index (χ1) is 8.38. The number of carbonyl (C=O) groups is 3. The van der Waals surface area contributed by atoms with E-state index < -0.39 is 24.0 Å². The first-order valence-electron chi connectivity index (χ1n) is 5.32. The minimum absolute atomic E-state index is 0.222. The lowest BCUT2D eigenvalue weighted by Crippen LogP contribution is -2.19. The molecular weight excluding hydrogens is 236 g/mol. The molecule has 5 nitrogen and oxygen atoms in total. The van der Waals surface area contributed by atoms with Gasteiger partial charge in [0.2, 0.25) is 11.6 Å². The number of carboxylic acids is 1. The van der Waals surface area contributed by atoms with Crippen LogP contribution in [0.25, 0.3) is 0 Å². The van der Waals surface area contributed by atoms with E-state index in [1.807, 2.05) is 0 Å². The van der Waals surface area contributed by atoms with Gasteiger partial charge >= 0.3 is 5.97 Å². The summed E-state index contributed by atoms with van der Waals surface area (Å²) in [4.78, 5) is 33.6. The predicted molar refractivity (Wildman–Crippen MR) is 64.1 cm³/mol. The van der Waals surface area contributed by atoms with Gasteiger partial charge in [-0.3, -0.25) is 14.4 Å². The number of hydrogen-bond donors (Lipinski definition) is 1. The average Bonchev–Trinajstić information content (AvgIpc) is 2.31. The fraction of sp³-hybridized carbons (Fsp3) is 0.308. The molecular formula is C13H14O5. The van der Waals surface area contributed by atoms with E-state index in [0.717, 1.165) is 5.56 Å². The van der Waals surface area contributed by atoms with Crippen molar-refractivity contribution in [3.63, 3.8) is 0 Å². The van der Waals surface area contributed by atoms with Gasteiger partial charge in [0, 0.05) is 5.56 Å². The summed E-state index contributed by atoms with van der Waals surface area (Å²) in [6.45, 7) is 3.46. The van der Waals surface area contributed by atoms with Crippen LogP contribution >= 0.6 is 0 Å². The van der Waals surface area contributed by atoms with Crippen molar-refractivity contribution in [2.24, 2.45) is 0 Å². The van der Waals surface area contributed by atoms with Gasteiger partial charge in [0.05, 0.1) is 7.11 Å². The van der Waals surface area contributed by atoms with Crippen LogP contribution in [0.2, 0.25) is 0 Å². The quantitative estimate of drug-likeness (QED) is 0.487. The van der Waals surface area contributed by atoms with Crippen LogP contribution in [0, 0.1) is 13.8 Å². The van der Waals surface area contributed by atoms with Crippen molar-refractivity contribution in [3.05, 3.63) is 28.8 Å². The van der Waals surface area contributed by atoms with Crippen LogP contribution in [0.1, 0.15) is 27.9 Å². The van der Waals surface area contributed by atoms with Gasteiger partial charge in [-0.25, -0.2) is 0 Å². The molecule has 0 bridgehead atoms. The number of Topliss-reactive ketones (excluding diaryl/α,β-unsaturated/α-hetero) is 2. The third-order valence-corrected chi connectivity index (χ3v) is 2.77. The van der Waals surface area contributed by atoms with Gasteiger partial charge in [-0.15, -0.1) is 0 Å². The molecule has 0 aliphatic carbocycles. The molecule has 0 radical (unpaired) electrons. The van der Waals surface area contributed by atoms with Gasteiger partial charge in [-0.2, -0.15) is 0 Å². The van der Waals surface area contributed by atoms with Gasteiger partial charge in [0.25, 0.3) is 0 Å². The van der Waals surface area contributed by atoms with Gasteiger partial charge in [-0.05, 0) is 37.1 Å². The number of ether oxygens (including phenoxy) is 1. The van der Waals surface area contributed by atoms with E-state index in [1.54, 1.807) is 19.9 Å². The Bertz CT molecular complexity index is 516. The second-order valence-corrected chi connectivity index (χ2v) is 3.89. The molecule has 0 saturated heterocycles. The van der Waals surface area contributed by atoms with E-state index in [1.165, 1.54) is 13.2 Å². The molecule has 0 atom stereocenters. The van der Waals surface area contributed by atoms with E-state index in [-0.39, 0.29) is 5.56 Å². The zero-order chi connectivity index (χ0) is 13.9. The SMILES string of the molecule is COc1ccc(C(=O)C(=O)CC(=O)O)c(C)c1C. The van der Waals surface area contributed by atoms with Crippen LogP contribution in [-0.2, 0) is 9.59 Å². The molecule has 0 aromatic heterocycles. The summed E-state index contributed by atoms with van der Waals surface area (Å²) in [5.41, 5.74) is 1.60. The molecule has 0 aliphatic heterocycles. The van der Waals surface area contributed by atoms with Gasteiger partial charge in [0.15, 0.2) is 0 Å². The molecule has 5 heteroatoms. The standard InChI is InChI=1S/C13H14O5/c1-7-8(2)11(18-3)5-4-9(7)13(17)10(14)6-12(15)16/h4-5H,6H2,1-3H3,(H,15,16). The number of aliphatic carboxylic acids is 1. The van der Waals surface area contributed by atoms with Crippen LogP contribution in [-0.4, -0.2) is 29.8 Å². The zero-order valence-electron chi connectivity index (χ0n) is 10.4. The highest BCUT2D eigenvalue weighted by molar-refractivity contribution is 6.46. The Labute approximate surface area is 104 Å². The van der Waals surface area contributed by atoms with Crippen molar-refractivity contribution in [3.8, 4) is 5.75 Å². The summed E-state index contributed by atoms with van der Waals surface area (Å²) in [5, 5.41) is 8.49. The van der Waals surface area contributed by atoms with E-state index in [9.17, 15) is 14.4 Å². The fourth-order valence-electron chi connectivity index (χ4n) is 1.63. The summed E-state index contributed by atoms with van der Waals surface area (Å²) >= 11 is 0. The lowest BCUT2D eigenvalue weighted by Gasteiger charge is -2.11. The summed E-state index contributed by atoms with van der Waals surface area (Å²) < 4.78 is 5.10. The van der Waals surface area contributed by atoms with Crippen LogP contribution < -0.4 is 4.74 Å². The molecule has 0 spiro atoms. The van der Waals surface area contributed by atoms with Crippen molar-refractivity contribution < 1.29 is 24.2 Å². The second kappa shape index (κ2) is 5.44. The van der Waals surface area contributed by atoms with Crippen molar-refractivity contribution in [1.82, 2.24) is 0 Å². The summed E-state index contributed by atoms with van der Waals surface area (Å²) in [6.07, 6.45) is -0.788. The molecule has 0 saturated carbocycles. The maximum absolute atomic E-state index is 11.8. The predicted octanol–water partition coefficient (Wildman–Crippen LogP) is 1.54. The largest absolute Gasteiger partial charge is 0.496 e. The van der Waals surface area contributed by atoms with Gasteiger partial charge in [0.1, 0.15) is 12.2 Å². The Morgan fingerprint density at radius 2 is 1.78 bits per heavy atom. The number of carbonyl (C=O) groups excluding carboxylic acids is 2. The molecule has 1 aromatic carbocycles. The smallest absolute Gasteiger partial charge is 0.311 e. The molecule has 0 fully saturated rings. The van der Waals surface area contributed by atoms with Crippen molar-refractivity contribution in [2.75, 3.05) is 7.11 Å². The minimum atomic E-state index is -1.31. The lowest BCUT2D eigenvalue weighted by molar-refractivity contribution is -0.139. The Morgan fingerprint density at radius 1 is 1.17 bits per heavy atom. The highest BCUT2D eigenvalue weighted by Crippen LogP contribution is 2.24. The van der Waals surface area contributed by atoms with Crippen molar-refractivity contribution >= 4 is 17.5 Å². The van der Waals surface area contributed by atoms with E-state index in [0.29, 0.717) is 11.3 Å². The lowest BCUT2D eigenvalue weighted by atomic mass is 9.96. The monoisotopic (exact) mass is 250 g/mol. The minimum Gasteiger partial charge on any atom is -0.496 e. The molecule has 0 heterocycles. The van der Waals surface area contributed by atoms with E-state index >= 15 is 0 Å². The molecule has 18 heavy (non-hydrogen) atoms. The summed E-state index contributed by atoms with van der Waals surface area (Å²) in [7, 11) is 1.51. The molecule has 1 N–H and O–H groups in total. The van der Waals surface area contributed by atoms with Crippen molar-refractivity contribution in [2.45, 2.75) is 20.3 Å². The normalized spacial score (nSPS) is 9.94. The van der Waals surface area contributed by atoms with Crippen molar-refractivity contribution in [1.29, 1.82) is 0 Å². The maximum Gasteiger partial charge on any atom is 0.311 e. The third kappa shape index (κ3) is 2.74. The maximum atomic E-state index is 11.8. The average molecular weight is 250 g/mol. The second-order valence-electron chi connectivity index (χ2n) is 3.89. The highest BCUT2D eigenvalue weighted by atomic mass is 16.5. The summed E-state index contributed by atoms with van der Waals surface area (Å²) in [6, 6.07) is 3.06. The van der Waals surface area contributed by atoms with Crippen LogP contribution in [0.5, 0.6) is 5.75 Å². The van der Waals surface area contributed by atoms with Gasteiger partial charge in [-0.1, -0.05) is 0 Å². The molecule has 1 aromatic rings. The Kier molecular flexibility index (Phi) is 4.20. The number of carboxylic acid groups (broad SMARTS) is 1. The number of ketones is 2. The van der Waals surface area contributed by atoms with E-state index in [2.05, 4.69) is 0 Å². The van der Waals surface area contributed by atoms with Crippen LogP contribution in [0.3, 0.4) is 0 Å². The first-order valence-corrected chi connectivity index (χ1v) is 5.32. The molecule has 96 valence electrons. The highest BCUT2D eigenvalue weighted by Gasteiger charge is 2.22. The topological polar surface area (TPSA) is 80.7 Å². The molecule has 0 amide bonds. The van der Waals surface area contributed by atoms with E-state index in [4.69, 9.17) is 9.84 Å². The van der Waals surface area contributed by atoms with Gasteiger partial charge < -0.3 is 9.84 Å². The Morgan fingerprint density at radius 3 is 2.28 bits per heavy atom. The van der Waals surface area contributed by atoms with Crippen LogP contribution in [0.4, 0.5) is 0 Å². The number of benzene rings is 1. The third-order valence-electron chi connectivity index (χ3n) is 2.77. The Hall–Kier alpha value is -2.17. The summed E-state index contributed by atoms with van der Waals surface area (Å²) in [5.74, 6) is -2.39. The molecule has 0 unspecified atom stereocenters. The number of rotatable bonds is 5. The zero-order valence-corrected chi connectivity index (χ0v) is 10.4. The molecule has 1 rings (SSSR count). The van der Waals surface area contributed by atoms with Crippen LogP contribution in [0.15, 0.2) is 12.1 Å².